The van der Waals surface area contributed by atoms with Crippen LogP contribution in [0.4, 0.5) is 0 Å². The number of aromatic amines is 1. The van der Waals surface area contributed by atoms with Crippen molar-refractivity contribution in [3.05, 3.63) is 44.2 Å². The van der Waals surface area contributed by atoms with Crippen molar-refractivity contribution in [2.24, 2.45) is 0 Å². The minimum absolute atomic E-state index is 0.288. The van der Waals surface area contributed by atoms with Crippen LogP contribution in [0.25, 0.3) is 10.7 Å². The van der Waals surface area contributed by atoms with Gasteiger partial charge in [-0.2, -0.15) is 5.10 Å². The molecule has 20 heavy (non-hydrogen) atoms. The maximum absolute atomic E-state index is 5.40. The molecular formula is C14H15N3S3. The lowest BCUT2D eigenvalue weighted by Crippen LogP contribution is -2.09. The van der Waals surface area contributed by atoms with Crippen molar-refractivity contribution < 1.29 is 0 Å². The number of aryl methyl sites for hydroxylation is 1. The van der Waals surface area contributed by atoms with E-state index in [0.29, 0.717) is 4.77 Å². The number of hydrogen-bond acceptors (Lipinski definition) is 4. The van der Waals surface area contributed by atoms with E-state index in [1.165, 1.54) is 9.75 Å². The Bertz CT molecular complexity index is 749. The molecule has 3 heterocycles. The van der Waals surface area contributed by atoms with Crippen LogP contribution < -0.4 is 0 Å². The van der Waals surface area contributed by atoms with Crippen molar-refractivity contribution in [3.63, 3.8) is 0 Å². The highest BCUT2D eigenvalue weighted by atomic mass is 32.1. The zero-order chi connectivity index (χ0) is 14.1. The molecule has 3 aromatic rings. The van der Waals surface area contributed by atoms with E-state index in [0.717, 1.165) is 17.1 Å². The fraction of sp³-hybridized carbons (Fsp3) is 0.286. The first-order chi connectivity index (χ1) is 9.65. The van der Waals surface area contributed by atoms with Gasteiger partial charge in [-0.15, -0.1) is 22.7 Å². The summed E-state index contributed by atoms with van der Waals surface area (Å²) in [5.41, 5.74) is 0. The maximum Gasteiger partial charge on any atom is 0.195 e. The van der Waals surface area contributed by atoms with Crippen LogP contribution in [0.5, 0.6) is 0 Å². The van der Waals surface area contributed by atoms with Crippen molar-refractivity contribution >= 4 is 34.9 Å². The molecule has 3 nitrogen and oxygen atoms in total. The van der Waals surface area contributed by atoms with Crippen LogP contribution in [-0.4, -0.2) is 14.8 Å². The molecule has 0 bridgehead atoms. The molecule has 3 aromatic heterocycles. The summed E-state index contributed by atoms with van der Waals surface area (Å²) in [7, 11) is 0. The Morgan fingerprint density at radius 1 is 1.40 bits per heavy atom. The third-order valence-electron chi connectivity index (χ3n) is 3.18. The zero-order valence-corrected chi connectivity index (χ0v) is 13.7. The molecule has 0 aliphatic carbocycles. The van der Waals surface area contributed by atoms with Gasteiger partial charge < -0.3 is 0 Å². The van der Waals surface area contributed by atoms with Gasteiger partial charge in [0.25, 0.3) is 0 Å². The predicted molar refractivity (Wildman–Crippen MR) is 88.2 cm³/mol. The first-order valence-corrected chi connectivity index (χ1v) is 8.51. The number of nitrogens with one attached hydrogen (secondary N) is 1. The summed E-state index contributed by atoms with van der Waals surface area (Å²) >= 11 is 8.93. The van der Waals surface area contributed by atoms with Crippen LogP contribution in [0.1, 0.15) is 22.7 Å². The van der Waals surface area contributed by atoms with Crippen LogP contribution >= 0.6 is 34.9 Å². The lowest BCUT2D eigenvalue weighted by Gasteiger charge is -2.14. The molecule has 6 heteroatoms. The molecule has 0 aromatic carbocycles. The largest absolute Gasteiger partial charge is 0.296 e. The Kier molecular flexibility index (Phi) is 3.87. The van der Waals surface area contributed by atoms with Gasteiger partial charge in [0.1, 0.15) is 0 Å². The van der Waals surface area contributed by atoms with E-state index in [9.17, 15) is 0 Å². The molecule has 0 saturated heterocycles. The van der Waals surface area contributed by atoms with Crippen molar-refractivity contribution in [1.82, 2.24) is 14.8 Å². The van der Waals surface area contributed by atoms with Gasteiger partial charge in [0.05, 0.1) is 4.88 Å². The summed E-state index contributed by atoms with van der Waals surface area (Å²) in [4.78, 5) is 3.88. The van der Waals surface area contributed by atoms with E-state index in [4.69, 9.17) is 12.2 Å². The van der Waals surface area contributed by atoms with E-state index in [2.05, 4.69) is 52.2 Å². The average molecular weight is 321 g/mol. The third-order valence-corrected chi connectivity index (χ3v) is 5.36. The quantitative estimate of drug-likeness (QED) is 0.697. The van der Waals surface area contributed by atoms with Gasteiger partial charge in [0.15, 0.2) is 10.6 Å². The second-order valence-electron chi connectivity index (χ2n) is 4.77. The fourth-order valence-electron chi connectivity index (χ4n) is 2.27. The van der Waals surface area contributed by atoms with Crippen LogP contribution in [0, 0.1) is 11.7 Å². The summed E-state index contributed by atoms with van der Waals surface area (Å²) in [6.07, 6.45) is 0.977. The van der Waals surface area contributed by atoms with Crippen LogP contribution in [0.3, 0.4) is 0 Å². The molecule has 0 amide bonds. The molecule has 1 unspecified atom stereocenters. The number of H-pyrrole nitrogens is 1. The minimum Gasteiger partial charge on any atom is -0.296 e. The Morgan fingerprint density at radius 3 is 2.90 bits per heavy atom. The van der Waals surface area contributed by atoms with Gasteiger partial charge in [-0.3, -0.25) is 9.67 Å². The second-order valence-corrected chi connectivity index (χ2v) is 7.47. The molecule has 0 fully saturated rings. The minimum atomic E-state index is 0.288. The molecule has 3 rings (SSSR count). The van der Waals surface area contributed by atoms with Gasteiger partial charge in [-0.05, 0) is 49.6 Å². The third kappa shape index (κ3) is 2.63. The maximum atomic E-state index is 5.40. The summed E-state index contributed by atoms with van der Waals surface area (Å²) < 4.78 is 2.81. The molecular weight excluding hydrogens is 306 g/mol. The van der Waals surface area contributed by atoms with E-state index in [1.807, 2.05) is 17.4 Å². The van der Waals surface area contributed by atoms with E-state index < -0.39 is 0 Å². The molecule has 0 saturated carbocycles. The van der Waals surface area contributed by atoms with Gasteiger partial charge in [-0.25, -0.2) is 0 Å². The van der Waals surface area contributed by atoms with Crippen molar-refractivity contribution in [2.45, 2.75) is 26.3 Å². The lowest BCUT2D eigenvalue weighted by molar-refractivity contribution is 0.546. The van der Waals surface area contributed by atoms with Crippen LogP contribution in [-0.2, 0) is 6.42 Å². The highest BCUT2D eigenvalue weighted by Gasteiger charge is 2.16. The highest BCUT2D eigenvalue weighted by Crippen LogP contribution is 2.28. The Hall–Kier alpha value is -1.24. The Morgan fingerprint density at radius 2 is 2.25 bits per heavy atom. The SMILES string of the molecule is Cc1ccc(CC(C)n2c(-c3cccs3)n[nH]c2=S)s1. The number of hydrogen-bond donors (Lipinski definition) is 1. The van der Waals surface area contributed by atoms with Crippen molar-refractivity contribution in [1.29, 1.82) is 0 Å². The number of rotatable bonds is 4. The predicted octanol–water partition coefficient (Wildman–Crippen LogP) is 4.84. The highest BCUT2D eigenvalue weighted by molar-refractivity contribution is 7.71. The van der Waals surface area contributed by atoms with E-state index in [-0.39, 0.29) is 6.04 Å². The Labute approximate surface area is 130 Å². The van der Waals surface area contributed by atoms with Crippen molar-refractivity contribution in [2.75, 3.05) is 0 Å². The molecule has 104 valence electrons. The normalized spacial score (nSPS) is 12.7. The second kappa shape index (κ2) is 5.63. The molecule has 0 aliphatic heterocycles. The first kappa shape index (κ1) is 13.7. The lowest BCUT2D eigenvalue weighted by atomic mass is 10.2. The molecule has 0 radical (unpaired) electrons. The molecule has 0 aliphatic rings. The number of aromatic nitrogens is 3. The summed E-state index contributed by atoms with van der Waals surface area (Å²) in [5, 5.41) is 9.37. The Balaban J connectivity index is 1.93. The first-order valence-electron chi connectivity index (χ1n) is 6.41. The standard InChI is InChI=1S/C14H15N3S3/c1-9(8-11-6-5-10(2)20-11)17-13(15-16-14(17)18)12-4-3-7-19-12/h3-7,9H,8H2,1-2H3,(H,16,18). The van der Waals surface area contributed by atoms with Gasteiger partial charge >= 0.3 is 0 Å². The van der Waals surface area contributed by atoms with Gasteiger partial charge in [0, 0.05) is 22.2 Å². The zero-order valence-electron chi connectivity index (χ0n) is 11.3. The fourth-order valence-corrected chi connectivity index (χ4v) is 4.30. The summed E-state index contributed by atoms with van der Waals surface area (Å²) in [6, 6.07) is 8.77. The number of thiophene rings is 2. The van der Waals surface area contributed by atoms with Gasteiger partial charge in [-0.1, -0.05) is 6.07 Å². The van der Waals surface area contributed by atoms with Gasteiger partial charge in [0.2, 0.25) is 0 Å². The summed E-state index contributed by atoms with van der Waals surface area (Å²) in [5.74, 6) is 0.936. The molecule has 0 spiro atoms. The van der Waals surface area contributed by atoms with Crippen LogP contribution in [0.2, 0.25) is 0 Å². The van der Waals surface area contributed by atoms with Crippen LogP contribution in [0.15, 0.2) is 29.6 Å². The van der Waals surface area contributed by atoms with Crippen molar-refractivity contribution in [3.8, 4) is 10.7 Å². The average Bonchev–Trinajstić information content (AvgIpc) is 3.10. The molecule has 1 N–H and O–H groups in total. The van der Waals surface area contributed by atoms with E-state index in [1.54, 1.807) is 11.3 Å². The van der Waals surface area contributed by atoms with E-state index >= 15 is 0 Å². The topological polar surface area (TPSA) is 33.6 Å². The molecule has 1 atom stereocenters. The smallest absolute Gasteiger partial charge is 0.195 e. The monoisotopic (exact) mass is 321 g/mol. The summed E-state index contributed by atoms with van der Waals surface area (Å²) in [6.45, 7) is 4.33. The number of nitrogens with zero attached hydrogens (tertiary/aromatic N) is 2.